The maximum atomic E-state index is 10.9. The van der Waals surface area contributed by atoms with Crippen LogP contribution in [0.25, 0.3) is 22.3 Å². The molecule has 0 aliphatic rings. The summed E-state index contributed by atoms with van der Waals surface area (Å²) >= 11 is 1.70. The summed E-state index contributed by atoms with van der Waals surface area (Å²) in [4.78, 5) is 1.09. The number of hydrogen-bond acceptors (Lipinski definition) is 3. The fourth-order valence-electron chi connectivity index (χ4n) is 2.71. The molecule has 3 rings (SSSR count). The lowest BCUT2D eigenvalue weighted by Crippen LogP contribution is -2.00. The number of phenols is 1. The van der Waals surface area contributed by atoms with Crippen molar-refractivity contribution in [2.45, 2.75) is 24.3 Å². The van der Waals surface area contributed by atoms with Crippen LogP contribution in [0.5, 0.6) is 5.75 Å². The summed E-state index contributed by atoms with van der Waals surface area (Å²) in [5.74, 6) is 1.14. The van der Waals surface area contributed by atoms with Crippen LogP contribution in [0, 0.1) is 0 Å². The Kier molecular flexibility index (Phi) is 5.79. The van der Waals surface area contributed by atoms with Crippen molar-refractivity contribution < 1.29 is 10.2 Å². The zero-order valence-corrected chi connectivity index (χ0v) is 15.0. The van der Waals surface area contributed by atoms with E-state index in [9.17, 15) is 10.2 Å². The summed E-state index contributed by atoms with van der Waals surface area (Å²) in [5.41, 5.74) is 3.66. The van der Waals surface area contributed by atoms with Gasteiger partial charge in [0.25, 0.3) is 0 Å². The van der Waals surface area contributed by atoms with Crippen LogP contribution in [0.1, 0.15) is 13.3 Å². The largest absolute Gasteiger partial charge is 0.507 e. The van der Waals surface area contributed by atoms with Gasteiger partial charge in [-0.1, -0.05) is 60.7 Å². The number of rotatable bonds is 6. The van der Waals surface area contributed by atoms with Crippen LogP contribution in [-0.4, -0.2) is 22.1 Å². The summed E-state index contributed by atoms with van der Waals surface area (Å²) in [7, 11) is 0. The first-order valence-corrected chi connectivity index (χ1v) is 9.42. The number of aliphatic hydroxyl groups is 1. The molecule has 3 heteroatoms. The molecule has 0 bridgehead atoms. The molecule has 0 amide bonds. The van der Waals surface area contributed by atoms with Gasteiger partial charge in [-0.2, -0.15) is 0 Å². The van der Waals surface area contributed by atoms with Gasteiger partial charge in [0, 0.05) is 21.8 Å². The van der Waals surface area contributed by atoms with Crippen molar-refractivity contribution in [2.75, 3.05) is 5.75 Å². The number of thioether (sulfide) groups is 1. The lowest BCUT2D eigenvalue weighted by Gasteiger charge is -2.14. The van der Waals surface area contributed by atoms with Crippen LogP contribution in [-0.2, 0) is 0 Å². The lowest BCUT2D eigenvalue weighted by molar-refractivity contribution is 0.192. The molecule has 0 radical (unpaired) electrons. The van der Waals surface area contributed by atoms with Gasteiger partial charge in [-0.15, -0.1) is 11.8 Å². The zero-order valence-electron chi connectivity index (χ0n) is 14.2. The highest BCUT2D eigenvalue weighted by Gasteiger charge is 2.13. The van der Waals surface area contributed by atoms with Gasteiger partial charge in [0.15, 0.2) is 0 Å². The van der Waals surface area contributed by atoms with Crippen molar-refractivity contribution in [3.05, 3.63) is 72.8 Å². The van der Waals surface area contributed by atoms with E-state index in [-0.39, 0.29) is 6.10 Å². The molecule has 2 nitrogen and oxygen atoms in total. The third kappa shape index (κ3) is 4.44. The fourth-order valence-corrected chi connectivity index (χ4v) is 3.81. The second kappa shape index (κ2) is 8.24. The number of phenolic OH excluding ortho intramolecular Hbond substituents is 1. The van der Waals surface area contributed by atoms with Crippen molar-refractivity contribution in [3.8, 4) is 28.0 Å². The van der Waals surface area contributed by atoms with E-state index in [2.05, 4.69) is 0 Å². The van der Waals surface area contributed by atoms with E-state index < -0.39 is 0 Å². The Morgan fingerprint density at radius 2 is 1.32 bits per heavy atom. The minimum absolute atomic E-state index is 0.299. The van der Waals surface area contributed by atoms with E-state index in [1.54, 1.807) is 11.8 Å². The quantitative estimate of drug-likeness (QED) is 0.569. The van der Waals surface area contributed by atoms with Gasteiger partial charge in [0.05, 0.1) is 6.10 Å². The van der Waals surface area contributed by atoms with Crippen molar-refractivity contribution in [2.24, 2.45) is 0 Å². The maximum Gasteiger partial charge on any atom is 0.131 e. The number of benzene rings is 3. The Labute approximate surface area is 153 Å². The Hall–Kier alpha value is -2.23. The molecular formula is C22H22O2S. The number of aliphatic hydroxyl groups excluding tert-OH is 1. The molecule has 0 spiro atoms. The van der Waals surface area contributed by atoms with Crippen LogP contribution >= 0.6 is 11.8 Å². The van der Waals surface area contributed by atoms with E-state index in [1.807, 2.05) is 79.7 Å². The predicted molar refractivity (Wildman–Crippen MR) is 106 cm³/mol. The second-order valence-electron chi connectivity index (χ2n) is 6.09. The van der Waals surface area contributed by atoms with Gasteiger partial charge in [-0.05, 0) is 36.6 Å². The standard InChI is InChI=1S/C22H22O2S/c1-16(23)12-13-25-19-14-20(17-8-4-2-5-9-17)22(24)21(15-19)18-10-6-3-7-11-18/h2-11,14-16,23-24H,12-13H2,1H3. The van der Waals surface area contributed by atoms with Crippen LogP contribution in [0.3, 0.4) is 0 Å². The summed E-state index contributed by atoms with van der Waals surface area (Å²) < 4.78 is 0. The molecule has 0 aromatic heterocycles. The van der Waals surface area contributed by atoms with Gasteiger partial charge < -0.3 is 10.2 Å². The molecule has 3 aromatic carbocycles. The molecule has 0 aliphatic carbocycles. The third-order valence-corrected chi connectivity index (χ3v) is 5.07. The molecule has 0 saturated heterocycles. The Bertz CT molecular complexity index is 753. The molecule has 1 unspecified atom stereocenters. The fraction of sp³-hybridized carbons (Fsp3) is 0.182. The van der Waals surface area contributed by atoms with E-state index in [4.69, 9.17) is 0 Å². The van der Waals surface area contributed by atoms with Crippen LogP contribution < -0.4 is 0 Å². The monoisotopic (exact) mass is 350 g/mol. The highest BCUT2D eigenvalue weighted by atomic mass is 32.2. The van der Waals surface area contributed by atoms with Crippen molar-refractivity contribution in [3.63, 3.8) is 0 Å². The first kappa shape index (κ1) is 17.6. The normalized spacial score (nSPS) is 12.1. The number of hydrogen-bond donors (Lipinski definition) is 2. The maximum absolute atomic E-state index is 10.9. The molecule has 0 saturated carbocycles. The average Bonchev–Trinajstić information content (AvgIpc) is 2.64. The van der Waals surface area contributed by atoms with E-state index in [0.29, 0.717) is 5.75 Å². The Balaban J connectivity index is 2.05. The van der Waals surface area contributed by atoms with E-state index in [1.165, 1.54) is 0 Å². The van der Waals surface area contributed by atoms with Gasteiger partial charge >= 0.3 is 0 Å². The summed E-state index contributed by atoms with van der Waals surface area (Å²) in [6, 6.07) is 23.9. The molecule has 0 heterocycles. The van der Waals surface area contributed by atoms with E-state index >= 15 is 0 Å². The Morgan fingerprint density at radius 3 is 1.76 bits per heavy atom. The van der Waals surface area contributed by atoms with Gasteiger partial charge in [-0.25, -0.2) is 0 Å². The van der Waals surface area contributed by atoms with Crippen molar-refractivity contribution in [1.29, 1.82) is 0 Å². The average molecular weight is 350 g/mol. The SMILES string of the molecule is CC(O)CCSc1cc(-c2ccccc2)c(O)c(-c2ccccc2)c1. The minimum atomic E-state index is -0.299. The second-order valence-corrected chi connectivity index (χ2v) is 7.25. The molecule has 1 atom stereocenters. The zero-order chi connectivity index (χ0) is 17.6. The smallest absolute Gasteiger partial charge is 0.131 e. The molecule has 2 N–H and O–H groups in total. The molecule has 0 aliphatic heterocycles. The molecule has 3 aromatic rings. The van der Waals surface area contributed by atoms with Crippen molar-refractivity contribution in [1.82, 2.24) is 0 Å². The molecular weight excluding hydrogens is 328 g/mol. The Morgan fingerprint density at radius 1 is 0.840 bits per heavy atom. The third-order valence-electron chi connectivity index (χ3n) is 4.06. The molecule has 0 fully saturated rings. The topological polar surface area (TPSA) is 40.5 Å². The summed E-state index contributed by atoms with van der Waals surface area (Å²) in [5, 5.41) is 20.4. The highest BCUT2D eigenvalue weighted by Crippen LogP contribution is 2.41. The summed E-state index contributed by atoms with van der Waals surface area (Å²) in [6.45, 7) is 1.81. The number of aromatic hydroxyl groups is 1. The van der Waals surface area contributed by atoms with Crippen LogP contribution in [0.2, 0.25) is 0 Å². The summed E-state index contributed by atoms with van der Waals surface area (Å²) in [6.07, 6.45) is 0.444. The molecule has 128 valence electrons. The van der Waals surface area contributed by atoms with Gasteiger partial charge in [0.1, 0.15) is 5.75 Å². The van der Waals surface area contributed by atoms with Crippen LogP contribution in [0.4, 0.5) is 0 Å². The van der Waals surface area contributed by atoms with Gasteiger partial charge in [0.2, 0.25) is 0 Å². The molecule has 25 heavy (non-hydrogen) atoms. The van der Waals surface area contributed by atoms with Crippen LogP contribution in [0.15, 0.2) is 77.7 Å². The highest BCUT2D eigenvalue weighted by molar-refractivity contribution is 7.99. The van der Waals surface area contributed by atoms with Gasteiger partial charge in [-0.3, -0.25) is 0 Å². The minimum Gasteiger partial charge on any atom is -0.507 e. The van der Waals surface area contributed by atoms with Crippen molar-refractivity contribution >= 4 is 11.8 Å². The first-order chi connectivity index (χ1) is 12.1. The lowest BCUT2D eigenvalue weighted by atomic mass is 9.97. The first-order valence-electron chi connectivity index (χ1n) is 8.44. The predicted octanol–water partition coefficient (Wildman–Crippen LogP) is 5.59. The van der Waals surface area contributed by atoms with E-state index in [0.717, 1.165) is 39.3 Å².